The molecule has 6 heteroatoms. The van der Waals surface area contributed by atoms with Crippen LogP contribution in [0.3, 0.4) is 0 Å². The van der Waals surface area contributed by atoms with Crippen molar-refractivity contribution < 1.29 is 0 Å². The van der Waals surface area contributed by atoms with E-state index < -0.39 is 0 Å². The molecule has 3 rings (SSSR count). The predicted octanol–water partition coefficient (Wildman–Crippen LogP) is 3.89. The Balaban J connectivity index is 1.42. The topological polar surface area (TPSA) is 78.0 Å². The Bertz CT molecular complexity index is 897. The van der Waals surface area contributed by atoms with Crippen LogP contribution in [-0.2, 0) is 13.0 Å². The van der Waals surface area contributed by atoms with Crippen molar-refractivity contribution >= 4 is 5.96 Å². The number of aromatic nitrogens is 3. The summed E-state index contributed by atoms with van der Waals surface area (Å²) in [6, 6.07) is 17.2. The van der Waals surface area contributed by atoms with E-state index in [-0.39, 0.29) is 0 Å². The number of aromatic amines is 1. The third-order valence-corrected chi connectivity index (χ3v) is 4.88. The van der Waals surface area contributed by atoms with Crippen molar-refractivity contribution in [1.29, 1.82) is 0 Å². The molecule has 29 heavy (non-hydrogen) atoms. The van der Waals surface area contributed by atoms with Crippen molar-refractivity contribution in [2.45, 2.75) is 39.2 Å². The Labute approximate surface area is 172 Å². The molecule has 6 nitrogen and oxygen atoms in total. The largest absolute Gasteiger partial charge is 0.356 e. The van der Waals surface area contributed by atoms with Crippen molar-refractivity contribution in [2.24, 2.45) is 4.99 Å². The van der Waals surface area contributed by atoms with Crippen LogP contribution < -0.4 is 10.6 Å². The molecule has 3 N–H and O–H groups in total. The first-order valence-electron chi connectivity index (χ1n) is 10.1. The second-order valence-electron chi connectivity index (χ2n) is 7.39. The van der Waals surface area contributed by atoms with Crippen LogP contribution in [0.1, 0.15) is 42.9 Å². The fourth-order valence-corrected chi connectivity index (χ4v) is 3.15. The van der Waals surface area contributed by atoms with Crippen molar-refractivity contribution in [3.05, 3.63) is 71.5 Å². The second kappa shape index (κ2) is 10.4. The quantitative estimate of drug-likeness (QED) is 0.310. The van der Waals surface area contributed by atoms with E-state index in [0.717, 1.165) is 42.3 Å². The minimum absolute atomic E-state index is 0.580. The standard InChI is InChI=1S/C23H30N6/c1-17(2)20-11-9-18(10-12-20)7-5-13-25-23(24-3)26-15-19-6-4-8-21(14-19)22-27-16-28-29-22/h4,6,8-12,14,16-17H,5,7,13,15H2,1-3H3,(H2,24,25,26)(H,27,28,29). The minimum Gasteiger partial charge on any atom is -0.356 e. The normalized spacial score (nSPS) is 11.7. The molecule has 0 atom stereocenters. The van der Waals surface area contributed by atoms with Crippen molar-refractivity contribution in [1.82, 2.24) is 25.8 Å². The number of hydrogen-bond donors (Lipinski definition) is 3. The molecule has 152 valence electrons. The summed E-state index contributed by atoms with van der Waals surface area (Å²) >= 11 is 0. The Hall–Kier alpha value is -3.15. The van der Waals surface area contributed by atoms with E-state index >= 15 is 0 Å². The molecule has 0 aliphatic carbocycles. The zero-order valence-corrected chi connectivity index (χ0v) is 17.4. The number of nitrogens with zero attached hydrogens (tertiary/aromatic N) is 3. The fraction of sp³-hybridized carbons (Fsp3) is 0.348. The summed E-state index contributed by atoms with van der Waals surface area (Å²) in [5.41, 5.74) is 4.95. The SMILES string of the molecule is CN=C(NCCCc1ccc(C(C)C)cc1)NCc1cccc(-c2ncn[nH]2)c1. The first kappa shape index (κ1) is 20.6. The minimum atomic E-state index is 0.580. The van der Waals surface area contributed by atoms with E-state index in [0.29, 0.717) is 12.5 Å². The number of nitrogens with one attached hydrogen (secondary N) is 3. The zero-order valence-electron chi connectivity index (χ0n) is 17.4. The van der Waals surface area contributed by atoms with Crippen LogP contribution in [0.2, 0.25) is 0 Å². The average Bonchev–Trinajstić information content (AvgIpc) is 3.29. The van der Waals surface area contributed by atoms with Crippen LogP contribution in [0.15, 0.2) is 59.9 Å². The molecule has 0 bridgehead atoms. The van der Waals surface area contributed by atoms with E-state index in [1.54, 1.807) is 7.05 Å². The third kappa shape index (κ3) is 6.17. The van der Waals surface area contributed by atoms with Crippen LogP contribution in [0, 0.1) is 0 Å². The summed E-state index contributed by atoms with van der Waals surface area (Å²) in [7, 11) is 1.80. The van der Waals surface area contributed by atoms with Gasteiger partial charge >= 0.3 is 0 Å². The van der Waals surface area contributed by atoms with Crippen molar-refractivity contribution in [2.75, 3.05) is 13.6 Å². The number of guanidine groups is 1. The second-order valence-corrected chi connectivity index (χ2v) is 7.39. The molecule has 0 aliphatic heterocycles. The van der Waals surface area contributed by atoms with Gasteiger partial charge in [-0.2, -0.15) is 5.10 Å². The predicted molar refractivity (Wildman–Crippen MR) is 119 cm³/mol. The van der Waals surface area contributed by atoms with Gasteiger partial charge in [0.05, 0.1) is 0 Å². The molecular weight excluding hydrogens is 360 g/mol. The molecule has 0 amide bonds. The number of hydrogen-bond acceptors (Lipinski definition) is 3. The van der Waals surface area contributed by atoms with Crippen molar-refractivity contribution in [3.8, 4) is 11.4 Å². The van der Waals surface area contributed by atoms with Crippen LogP contribution in [0.4, 0.5) is 0 Å². The number of aryl methyl sites for hydroxylation is 1. The summed E-state index contributed by atoms with van der Waals surface area (Å²) in [4.78, 5) is 8.52. The average molecular weight is 391 g/mol. The lowest BCUT2D eigenvalue weighted by molar-refractivity contribution is 0.741. The highest BCUT2D eigenvalue weighted by atomic mass is 15.2. The van der Waals surface area contributed by atoms with E-state index in [1.165, 1.54) is 17.5 Å². The summed E-state index contributed by atoms with van der Waals surface area (Å²) < 4.78 is 0. The Morgan fingerprint density at radius 3 is 2.59 bits per heavy atom. The van der Waals surface area contributed by atoms with Gasteiger partial charge in [-0.25, -0.2) is 4.98 Å². The Morgan fingerprint density at radius 2 is 1.90 bits per heavy atom. The molecule has 1 heterocycles. The van der Waals surface area contributed by atoms with E-state index in [1.807, 2.05) is 12.1 Å². The molecule has 0 radical (unpaired) electrons. The van der Waals surface area contributed by atoms with Gasteiger partial charge in [0, 0.05) is 25.7 Å². The summed E-state index contributed by atoms with van der Waals surface area (Å²) in [6.45, 7) is 6.02. The smallest absolute Gasteiger partial charge is 0.191 e. The fourth-order valence-electron chi connectivity index (χ4n) is 3.15. The van der Waals surface area contributed by atoms with E-state index in [4.69, 9.17) is 0 Å². The molecule has 0 fully saturated rings. The van der Waals surface area contributed by atoms with E-state index in [9.17, 15) is 0 Å². The lowest BCUT2D eigenvalue weighted by Gasteiger charge is -2.12. The van der Waals surface area contributed by atoms with Gasteiger partial charge in [0.1, 0.15) is 6.33 Å². The van der Waals surface area contributed by atoms with Gasteiger partial charge in [0.2, 0.25) is 0 Å². The first-order chi connectivity index (χ1) is 14.2. The molecule has 0 aliphatic rings. The monoisotopic (exact) mass is 390 g/mol. The first-order valence-corrected chi connectivity index (χ1v) is 10.1. The summed E-state index contributed by atoms with van der Waals surface area (Å²) in [5, 5.41) is 13.6. The lowest BCUT2D eigenvalue weighted by atomic mass is 10.0. The molecule has 1 aromatic heterocycles. The molecule has 0 saturated carbocycles. The molecular formula is C23H30N6. The number of H-pyrrole nitrogens is 1. The molecule has 3 aromatic rings. The van der Waals surface area contributed by atoms with Crippen LogP contribution in [0.25, 0.3) is 11.4 Å². The Kier molecular flexibility index (Phi) is 7.39. The van der Waals surface area contributed by atoms with Gasteiger partial charge < -0.3 is 10.6 Å². The van der Waals surface area contributed by atoms with Gasteiger partial charge in [-0.05, 0) is 41.5 Å². The van der Waals surface area contributed by atoms with Gasteiger partial charge in [-0.3, -0.25) is 10.1 Å². The van der Waals surface area contributed by atoms with Crippen LogP contribution >= 0.6 is 0 Å². The summed E-state index contributed by atoms with van der Waals surface area (Å²) in [5.74, 6) is 2.16. The molecule has 0 spiro atoms. The zero-order chi connectivity index (χ0) is 20.5. The number of aliphatic imine (C=N–C) groups is 1. The summed E-state index contributed by atoms with van der Waals surface area (Å²) in [6.07, 6.45) is 3.63. The van der Waals surface area contributed by atoms with Crippen LogP contribution in [-0.4, -0.2) is 34.7 Å². The highest BCUT2D eigenvalue weighted by Crippen LogP contribution is 2.16. The Morgan fingerprint density at radius 1 is 1.07 bits per heavy atom. The highest BCUT2D eigenvalue weighted by Gasteiger charge is 2.04. The number of benzene rings is 2. The maximum Gasteiger partial charge on any atom is 0.191 e. The number of rotatable bonds is 8. The third-order valence-electron chi connectivity index (χ3n) is 4.88. The molecule has 2 aromatic carbocycles. The molecule has 0 saturated heterocycles. The van der Waals surface area contributed by atoms with Crippen molar-refractivity contribution in [3.63, 3.8) is 0 Å². The lowest BCUT2D eigenvalue weighted by Crippen LogP contribution is -2.37. The highest BCUT2D eigenvalue weighted by molar-refractivity contribution is 5.79. The van der Waals surface area contributed by atoms with Gasteiger partial charge in [-0.1, -0.05) is 56.3 Å². The van der Waals surface area contributed by atoms with Gasteiger partial charge in [0.15, 0.2) is 11.8 Å². The van der Waals surface area contributed by atoms with Crippen LogP contribution in [0.5, 0.6) is 0 Å². The van der Waals surface area contributed by atoms with Gasteiger partial charge in [-0.15, -0.1) is 0 Å². The molecule has 0 unspecified atom stereocenters. The van der Waals surface area contributed by atoms with E-state index in [2.05, 4.69) is 81.1 Å². The maximum absolute atomic E-state index is 4.32. The maximum atomic E-state index is 4.32. The van der Waals surface area contributed by atoms with Gasteiger partial charge in [0.25, 0.3) is 0 Å².